The molecule has 0 amide bonds. The highest BCUT2D eigenvalue weighted by Crippen LogP contribution is 2.20. The highest BCUT2D eigenvalue weighted by atomic mass is 16.5. The number of aliphatic hydroxyl groups excluding tert-OH is 1. The molecule has 0 aromatic carbocycles. The summed E-state index contributed by atoms with van der Waals surface area (Å²) in [5.74, 6) is 0.666. The summed E-state index contributed by atoms with van der Waals surface area (Å²) in [5, 5.41) is 13.5. The highest BCUT2D eigenvalue weighted by Gasteiger charge is 2.18. The Morgan fingerprint density at radius 3 is 2.45 bits per heavy atom. The van der Waals surface area contributed by atoms with Crippen molar-refractivity contribution in [2.75, 3.05) is 33.8 Å². The highest BCUT2D eigenvalue weighted by molar-refractivity contribution is 4.74. The number of likely N-dealkylation sites (N-methyl/N-ethyl adjacent to an activating group) is 1. The largest absolute Gasteiger partial charge is 0.389 e. The maximum Gasteiger partial charge on any atom is 0.0897 e. The van der Waals surface area contributed by atoms with Gasteiger partial charge in [-0.3, -0.25) is 0 Å². The second-order valence-corrected chi connectivity index (χ2v) is 6.89. The lowest BCUT2D eigenvalue weighted by atomic mass is 10.0. The number of ether oxygens (including phenoxy) is 1. The predicted octanol–water partition coefficient (Wildman–Crippen LogP) is 1.87. The summed E-state index contributed by atoms with van der Waals surface area (Å²) < 4.78 is 5.76. The number of aliphatic hydroxyl groups is 1. The number of nitrogens with zero attached hydrogens (tertiary/aromatic N) is 1. The van der Waals surface area contributed by atoms with Crippen molar-refractivity contribution in [3.8, 4) is 0 Å². The molecule has 120 valence electrons. The minimum atomic E-state index is -0.396. The van der Waals surface area contributed by atoms with Crippen molar-refractivity contribution in [3.05, 3.63) is 0 Å². The van der Waals surface area contributed by atoms with Gasteiger partial charge in [0.05, 0.1) is 18.8 Å². The molecular formula is C16H34N2O2. The van der Waals surface area contributed by atoms with Crippen LogP contribution in [-0.2, 0) is 4.74 Å². The van der Waals surface area contributed by atoms with Gasteiger partial charge < -0.3 is 20.1 Å². The van der Waals surface area contributed by atoms with Crippen molar-refractivity contribution in [2.45, 2.75) is 64.2 Å². The number of nitrogens with one attached hydrogen (secondary N) is 1. The van der Waals surface area contributed by atoms with Crippen molar-refractivity contribution in [2.24, 2.45) is 5.92 Å². The Bertz CT molecular complexity index is 231. The molecule has 0 aliphatic heterocycles. The van der Waals surface area contributed by atoms with Crippen molar-refractivity contribution < 1.29 is 9.84 Å². The maximum atomic E-state index is 10.0. The van der Waals surface area contributed by atoms with Crippen molar-refractivity contribution >= 4 is 0 Å². The Morgan fingerprint density at radius 1 is 1.25 bits per heavy atom. The molecule has 20 heavy (non-hydrogen) atoms. The minimum Gasteiger partial charge on any atom is -0.389 e. The first-order valence-electron chi connectivity index (χ1n) is 8.15. The Labute approximate surface area is 124 Å². The smallest absolute Gasteiger partial charge is 0.0897 e. The van der Waals surface area contributed by atoms with Gasteiger partial charge in [0.2, 0.25) is 0 Å². The maximum absolute atomic E-state index is 10.0. The molecule has 0 radical (unpaired) electrons. The first-order chi connectivity index (χ1) is 9.47. The van der Waals surface area contributed by atoms with Crippen molar-refractivity contribution in [3.63, 3.8) is 0 Å². The summed E-state index contributed by atoms with van der Waals surface area (Å²) in [4.78, 5) is 2.20. The second-order valence-electron chi connectivity index (χ2n) is 6.89. The summed E-state index contributed by atoms with van der Waals surface area (Å²) >= 11 is 0. The standard InChI is InChI=1S/C16H34N2O2/c1-13(2)9-14(11-18(3)4)17-10-15(19)12-20-16-7-5-6-8-16/h13-17,19H,5-12H2,1-4H3. The van der Waals surface area contributed by atoms with E-state index in [-0.39, 0.29) is 0 Å². The lowest BCUT2D eigenvalue weighted by Crippen LogP contribution is -2.43. The summed E-state index contributed by atoms with van der Waals surface area (Å²) in [6, 6.07) is 0.436. The zero-order valence-electron chi connectivity index (χ0n) is 13.8. The van der Waals surface area contributed by atoms with E-state index in [1.54, 1.807) is 0 Å². The van der Waals surface area contributed by atoms with Crippen molar-refractivity contribution in [1.82, 2.24) is 10.2 Å². The van der Waals surface area contributed by atoms with Gasteiger partial charge >= 0.3 is 0 Å². The molecule has 1 aliphatic rings. The van der Waals surface area contributed by atoms with E-state index in [4.69, 9.17) is 4.74 Å². The molecule has 2 N–H and O–H groups in total. The second kappa shape index (κ2) is 9.72. The van der Waals surface area contributed by atoms with Gasteiger partial charge in [-0.2, -0.15) is 0 Å². The first kappa shape index (κ1) is 17.9. The molecule has 4 heteroatoms. The third kappa shape index (κ3) is 8.20. The van der Waals surface area contributed by atoms with Gasteiger partial charge in [0.25, 0.3) is 0 Å². The molecule has 0 bridgehead atoms. The topological polar surface area (TPSA) is 44.7 Å². The summed E-state index contributed by atoms with van der Waals surface area (Å²) in [6.45, 7) is 6.58. The zero-order chi connectivity index (χ0) is 15.0. The quantitative estimate of drug-likeness (QED) is 0.643. The van der Waals surface area contributed by atoms with Crippen LogP contribution in [0, 0.1) is 5.92 Å². The molecule has 0 saturated heterocycles. The SMILES string of the molecule is CC(C)CC(CN(C)C)NCC(O)COC1CCCC1. The molecular weight excluding hydrogens is 252 g/mol. The number of hydrogen-bond donors (Lipinski definition) is 2. The molecule has 1 saturated carbocycles. The van der Waals surface area contributed by atoms with E-state index in [2.05, 4.69) is 38.2 Å². The van der Waals surface area contributed by atoms with E-state index in [0.717, 1.165) is 25.8 Å². The molecule has 2 unspecified atom stereocenters. The molecule has 1 aliphatic carbocycles. The Balaban J connectivity index is 2.18. The fourth-order valence-electron chi connectivity index (χ4n) is 2.90. The molecule has 1 rings (SSSR count). The summed E-state index contributed by atoms with van der Waals surface area (Å²) in [6.07, 6.45) is 6.00. The molecule has 0 aromatic heterocycles. The summed E-state index contributed by atoms with van der Waals surface area (Å²) in [7, 11) is 4.18. The Kier molecular flexibility index (Phi) is 8.69. The molecule has 1 fully saturated rings. The van der Waals surface area contributed by atoms with E-state index < -0.39 is 6.10 Å². The average molecular weight is 286 g/mol. The van der Waals surface area contributed by atoms with Crippen LogP contribution in [0.15, 0.2) is 0 Å². The molecule has 0 spiro atoms. The molecule has 2 atom stereocenters. The van der Waals surface area contributed by atoms with Crippen LogP contribution in [0.5, 0.6) is 0 Å². The third-order valence-corrected chi connectivity index (χ3v) is 3.81. The number of rotatable bonds is 10. The summed E-state index contributed by atoms with van der Waals surface area (Å²) in [5.41, 5.74) is 0. The van der Waals surface area contributed by atoms with Gasteiger partial charge in [-0.25, -0.2) is 0 Å². The van der Waals surface area contributed by atoms with Crippen LogP contribution >= 0.6 is 0 Å². The van der Waals surface area contributed by atoms with Gasteiger partial charge in [0.15, 0.2) is 0 Å². The van der Waals surface area contributed by atoms with Gasteiger partial charge in [0.1, 0.15) is 0 Å². The van der Waals surface area contributed by atoms with Gasteiger partial charge in [-0.1, -0.05) is 26.7 Å². The fraction of sp³-hybridized carbons (Fsp3) is 1.00. The van der Waals surface area contributed by atoms with E-state index in [1.807, 2.05) is 0 Å². The van der Waals surface area contributed by atoms with Gasteiger partial charge in [-0.05, 0) is 39.3 Å². The predicted molar refractivity (Wildman–Crippen MR) is 84.0 cm³/mol. The van der Waals surface area contributed by atoms with Crippen LogP contribution < -0.4 is 5.32 Å². The van der Waals surface area contributed by atoms with E-state index in [0.29, 0.717) is 31.2 Å². The van der Waals surface area contributed by atoms with Crippen LogP contribution in [0.2, 0.25) is 0 Å². The van der Waals surface area contributed by atoms with Crippen LogP contribution in [-0.4, -0.2) is 62.0 Å². The van der Waals surface area contributed by atoms with Crippen LogP contribution in [0.1, 0.15) is 46.0 Å². The van der Waals surface area contributed by atoms with Crippen molar-refractivity contribution in [1.29, 1.82) is 0 Å². The molecule has 0 heterocycles. The van der Waals surface area contributed by atoms with E-state index >= 15 is 0 Å². The minimum absolute atomic E-state index is 0.387. The molecule has 0 aromatic rings. The van der Waals surface area contributed by atoms with E-state index in [1.165, 1.54) is 12.8 Å². The zero-order valence-corrected chi connectivity index (χ0v) is 13.8. The lowest BCUT2D eigenvalue weighted by Gasteiger charge is -2.25. The number of hydrogen-bond acceptors (Lipinski definition) is 4. The monoisotopic (exact) mass is 286 g/mol. The fourth-order valence-corrected chi connectivity index (χ4v) is 2.90. The lowest BCUT2D eigenvalue weighted by molar-refractivity contribution is -0.00664. The van der Waals surface area contributed by atoms with Gasteiger partial charge in [0, 0.05) is 19.1 Å². The van der Waals surface area contributed by atoms with Crippen LogP contribution in [0.25, 0.3) is 0 Å². The van der Waals surface area contributed by atoms with Gasteiger partial charge in [-0.15, -0.1) is 0 Å². The van der Waals surface area contributed by atoms with Crippen LogP contribution in [0.4, 0.5) is 0 Å². The normalized spacial score (nSPS) is 19.9. The third-order valence-electron chi connectivity index (χ3n) is 3.81. The average Bonchev–Trinajstić information content (AvgIpc) is 2.85. The van der Waals surface area contributed by atoms with Crippen LogP contribution in [0.3, 0.4) is 0 Å². The molecule has 4 nitrogen and oxygen atoms in total. The Morgan fingerprint density at radius 2 is 1.90 bits per heavy atom. The van der Waals surface area contributed by atoms with E-state index in [9.17, 15) is 5.11 Å². The Hall–Kier alpha value is -0.160. The first-order valence-corrected chi connectivity index (χ1v) is 8.15.